The Hall–Kier alpha value is -2.71. The number of hydrogen-bond acceptors (Lipinski definition) is 7. The molecule has 0 fully saturated rings. The zero-order valence-electron chi connectivity index (χ0n) is 15.4. The first-order chi connectivity index (χ1) is 13.7. The minimum atomic E-state index is -0.636. The molecule has 0 unspecified atom stereocenters. The first-order valence-electron chi connectivity index (χ1n) is 8.79. The molecular weight excluding hydrogens is 392 g/mol. The van der Waals surface area contributed by atoms with Crippen LogP contribution in [0.3, 0.4) is 0 Å². The van der Waals surface area contributed by atoms with Gasteiger partial charge in [0.2, 0.25) is 16.9 Å². The van der Waals surface area contributed by atoms with E-state index in [2.05, 4.69) is 15.2 Å². The number of thiophene rings is 1. The molecule has 1 amide bonds. The summed E-state index contributed by atoms with van der Waals surface area (Å²) in [6, 6.07) is 11.6. The second kappa shape index (κ2) is 8.12. The van der Waals surface area contributed by atoms with Crippen LogP contribution in [0, 0.1) is 0 Å². The summed E-state index contributed by atoms with van der Waals surface area (Å²) in [5.41, 5.74) is 2.05. The van der Waals surface area contributed by atoms with E-state index in [0.717, 1.165) is 16.1 Å². The van der Waals surface area contributed by atoms with Gasteiger partial charge in [-0.05, 0) is 35.9 Å². The van der Waals surface area contributed by atoms with Crippen LogP contribution in [0.15, 0.2) is 53.0 Å². The zero-order valence-corrected chi connectivity index (χ0v) is 17.0. The topological polar surface area (TPSA) is 68.2 Å². The standard InChI is InChI=1S/C20H18N4O2S2/c1-3-16(25)24-15-9-5-4-8-14(15)18-19(21-20(27-2)23-22-18)26-17(24)11-10-13-7-6-12-28-13/h4-12,17H,3H2,1-2H3/b11-10+/t17-/m0/s1. The van der Waals surface area contributed by atoms with Gasteiger partial charge >= 0.3 is 0 Å². The Balaban J connectivity index is 1.88. The molecule has 1 aliphatic rings. The molecule has 1 aliphatic heterocycles. The van der Waals surface area contributed by atoms with Crippen molar-refractivity contribution in [2.45, 2.75) is 24.7 Å². The molecule has 6 nitrogen and oxygen atoms in total. The van der Waals surface area contributed by atoms with Crippen LogP contribution >= 0.6 is 23.1 Å². The quantitative estimate of drug-likeness (QED) is 0.590. The fourth-order valence-corrected chi connectivity index (χ4v) is 3.88. The fourth-order valence-electron chi connectivity index (χ4n) is 2.96. The van der Waals surface area contributed by atoms with E-state index in [1.165, 1.54) is 11.8 Å². The summed E-state index contributed by atoms with van der Waals surface area (Å²) in [4.78, 5) is 20.1. The van der Waals surface area contributed by atoms with Crippen molar-refractivity contribution in [2.75, 3.05) is 11.2 Å². The molecule has 3 aromatic rings. The van der Waals surface area contributed by atoms with Gasteiger partial charge in [0.25, 0.3) is 0 Å². The van der Waals surface area contributed by atoms with E-state index in [0.29, 0.717) is 23.2 Å². The van der Waals surface area contributed by atoms with Crippen LogP contribution in [0.2, 0.25) is 0 Å². The number of rotatable bonds is 4. The molecular formula is C20H18N4O2S2. The summed E-state index contributed by atoms with van der Waals surface area (Å²) in [5.74, 6) is 0.332. The van der Waals surface area contributed by atoms with Crippen LogP contribution in [0.1, 0.15) is 18.2 Å². The molecule has 2 aromatic heterocycles. The molecule has 8 heteroatoms. The maximum atomic E-state index is 12.9. The third-order valence-corrected chi connectivity index (χ3v) is 5.64. The fraction of sp³-hybridized carbons (Fsp3) is 0.200. The Labute approximate surface area is 171 Å². The maximum absolute atomic E-state index is 12.9. The highest BCUT2D eigenvalue weighted by molar-refractivity contribution is 7.98. The van der Waals surface area contributed by atoms with Gasteiger partial charge < -0.3 is 4.74 Å². The Bertz CT molecular complexity index is 1020. The largest absolute Gasteiger partial charge is 0.448 e. The number of thioether (sulfide) groups is 1. The number of ether oxygens (including phenoxy) is 1. The number of fused-ring (bicyclic) bond motifs is 3. The number of aromatic nitrogens is 3. The third kappa shape index (κ3) is 3.53. The molecule has 142 valence electrons. The van der Waals surface area contributed by atoms with Crippen molar-refractivity contribution in [2.24, 2.45) is 0 Å². The van der Waals surface area contributed by atoms with Crippen molar-refractivity contribution < 1.29 is 9.53 Å². The van der Waals surface area contributed by atoms with Gasteiger partial charge in [-0.3, -0.25) is 9.69 Å². The highest BCUT2D eigenvalue weighted by Crippen LogP contribution is 2.39. The van der Waals surface area contributed by atoms with Crippen molar-refractivity contribution >= 4 is 40.8 Å². The Kier molecular flexibility index (Phi) is 5.40. The summed E-state index contributed by atoms with van der Waals surface area (Å²) >= 11 is 3.01. The van der Waals surface area contributed by atoms with Gasteiger partial charge in [0.05, 0.1) is 5.69 Å². The third-order valence-electron chi connectivity index (χ3n) is 4.26. The van der Waals surface area contributed by atoms with Crippen LogP contribution in [0.25, 0.3) is 17.3 Å². The lowest BCUT2D eigenvalue weighted by Crippen LogP contribution is -2.42. The summed E-state index contributed by atoms with van der Waals surface area (Å²) in [6.07, 6.45) is 5.44. The second-order valence-electron chi connectivity index (χ2n) is 5.97. The van der Waals surface area contributed by atoms with Crippen molar-refractivity contribution in [3.8, 4) is 17.1 Å². The van der Waals surface area contributed by atoms with Crippen molar-refractivity contribution in [1.82, 2.24) is 15.2 Å². The first-order valence-corrected chi connectivity index (χ1v) is 10.9. The van der Waals surface area contributed by atoms with E-state index in [9.17, 15) is 4.79 Å². The number of carbonyl (C=O) groups excluding carboxylic acids is 1. The predicted molar refractivity (Wildman–Crippen MR) is 113 cm³/mol. The molecule has 3 heterocycles. The van der Waals surface area contributed by atoms with Gasteiger partial charge in [-0.1, -0.05) is 43.0 Å². The highest BCUT2D eigenvalue weighted by Gasteiger charge is 2.32. The van der Waals surface area contributed by atoms with Gasteiger partial charge in [-0.2, -0.15) is 4.98 Å². The molecule has 28 heavy (non-hydrogen) atoms. The minimum Gasteiger partial charge on any atom is -0.448 e. The van der Waals surface area contributed by atoms with E-state index in [1.54, 1.807) is 16.2 Å². The molecule has 1 aromatic carbocycles. The molecule has 0 saturated carbocycles. The van der Waals surface area contributed by atoms with Crippen LogP contribution in [-0.2, 0) is 4.79 Å². The van der Waals surface area contributed by atoms with Crippen LogP contribution in [0.5, 0.6) is 5.88 Å². The molecule has 1 atom stereocenters. The Morgan fingerprint density at radius 3 is 2.89 bits per heavy atom. The maximum Gasteiger partial charge on any atom is 0.247 e. The van der Waals surface area contributed by atoms with Crippen molar-refractivity contribution in [3.05, 3.63) is 52.7 Å². The number of nitrogens with zero attached hydrogens (tertiary/aromatic N) is 4. The van der Waals surface area contributed by atoms with Crippen molar-refractivity contribution in [3.63, 3.8) is 0 Å². The molecule has 0 spiro atoms. The van der Waals surface area contributed by atoms with E-state index in [-0.39, 0.29) is 5.91 Å². The van der Waals surface area contributed by atoms with E-state index in [1.807, 2.05) is 67.1 Å². The average Bonchev–Trinajstić information content (AvgIpc) is 3.21. The number of benzene rings is 1. The van der Waals surface area contributed by atoms with Gasteiger partial charge in [0.15, 0.2) is 11.9 Å². The Morgan fingerprint density at radius 1 is 1.29 bits per heavy atom. The molecule has 0 aliphatic carbocycles. The molecule has 0 saturated heterocycles. The number of carbonyl (C=O) groups is 1. The van der Waals surface area contributed by atoms with Crippen LogP contribution in [0.4, 0.5) is 5.69 Å². The van der Waals surface area contributed by atoms with E-state index >= 15 is 0 Å². The summed E-state index contributed by atoms with van der Waals surface area (Å²) in [6.45, 7) is 1.84. The molecule has 4 rings (SSSR count). The first kappa shape index (κ1) is 18.6. The van der Waals surface area contributed by atoms with Gasteiger partial charge in [-0.15, -0.1) is 21.5 Å². The Morgan fingerprint density at radius 2 is 2.14 bits per heavy atom. The SMILES string of the molecule is CCC(=O)N1c2ccccc2-c2nnc(SC)nc2O[C@H]1/C=C/c1cccs1. The second-order valence-corrected chi connectivity index (χ2v) is 7.72. The number of hydrogen-bond donors (Lipinski definition) is 0. The summed E-state index contributed by atoms with van der Waals surface area (Å²) in [7, 11) is 0. The van der Waals surface area contributed by atoms with Gasteiger partial charge in [0.1, 0.15) is 0 Å². The average molecular weight is 411 g/mol. The minimum absolute atomic E-state index is 0.0425. The molecule has 0 bridgehead atoms. The van der Waals surface area contributed by atoms with Crippen molar-refractivity contribution in [1.29, 1.82) is 0 Å². The van der Waals surface area contributed by atoms with E-state index < -0.39 is 6.23 Å². The highest BCUT2D eigenvalue weighted by atomic mass is 32.2. The number of para-hydroxylation sites is 1. The van der Waals surface area contributed by atoms with Crippen LogP contribution < -0.4 is 9.64 Å². The van der Waals surface area contributed by atoms with Gasteiger partial charge in [0, 0.05) is 16.9 Å². The summed E-state index contributed by atoms with van der Waals surface area (Å²) < 4.78 is 6.21. The molecule has 0 N–H and O–H groups in total. The predicted octanol–water partition coefficient (Wildman–Crippen LogP) is 4.50. The van der Waals surface area contributed by atoms with Gasteiger partial charge in [-0.25, -0.2) is 0 Å². The summed E-state index contributed by atoms with van der Waals surface area (Å²) in [5, 5.41) is 11.0. The monoisotopic (exact) mass is 410 g/mol. The lowest BCUT2D eigenvalue weighted by Gasteiger charge is -2.28. The van der Waals surface area contributed by atoms with E-state index in [4.69, 9.17) is 4.74 Å². The lowest BCUT2D eigenvalue weighted by molar-refractivity contribution is -0.119. The molecule has 0 radical (unpaired) electrons. The normalized spacial score (nSPS) is 15.6. The number of amides is 1. The van der Waals surface area contributed by atoms with Crippen LogP contribution in [-0.4, -0.2) is 33.6 Å². The zero-order chi connectivity index (χ0) is 19.5. The number of anilines is 1. The lowest BCUT2D eigenvalue weighted by atomic mass is 10.1. The smallest absolute Gasteiger partial charge is 0.247 e.